The van der Waals surface area contributed by atoms with E-state index < -0.39 is 10.8 Å². The first-order valence-corrected chi connectivity index (χ1v) is 12.1. The Hall–Kier alpha value is -2.19. The first-order valence-electron chi connectivity index (χ1n) is 10.4. The van der Waals surface area contributed by atoms with Crippen molar-refractivity contribution in [1.29, 1.82) is 0 Å². The standard InChI is InChI=1S/C21H24ClN5O2S/c22-15-3-1-13(2-4-15)14-7-10-27(11-8-14)21-23-16-9-12-30(29)19(16)20(26-21)25-17-5-6-18(28)24-17/h1-4,14,17H,5-12H2,(H,24,28)(H,23,25,26)/t17-,30?/m0/s1. The largest absolute Gasteiger partial charge is 0.349 e. The third-order valence-corrected chi connectivity index (χ3v) is 7.81. The average Bonchev–Trinajstić information content (AvgIpc) is 3.34. The molecule has 30 heavy (non-hydrogen) atoms. The minimum absolute atomic E-state index is 0.0313. The molecule has 0 saturated carbocycles. The molecular formula is C21H24ClN5O2S. The van der Waals surface area contributed by atoms with Gasteiger partial charge in [0.15, 0.2) is 0 Å². The van der Waals surface area contributed by atoms with Crippen LogP contribution in [-0.4, -0.2) is 45.1 Å². The van der Waals surface area contributed by atoms with Crippen molar-refractivity contribution in [3.63, 3.8) is 0 Å². The molecule has 0 aliphatic carbocycles. The number of hydrogen-bond donors (Lipinski definition) is 2. The van der Waals surface area contributed by atoms with E-state index in [2.05, 4.69) is 27.7 Å². The molecule has 1 unspecified atom stereocenters. The maximum absolute atomic E-state index is 12.5. The third kappa shape index (κ3) is 3.90. The molecule has 1 amide bonds. The highest BCUT2D eigenvalue weighted by atomic mass is 35.5. The first kappa shape index (κ1) is 19.8. The summed E-state index contributed by atoms with van der Waals surface area (Å²) < 4.78 is 12.5. The molecule has 3 aliphatic heterocycles. The van der Waals surface area contributed by atoms with Gasteiger partial charge in [-0.25, -0.2) is 4.98 Å². The predicted molar refractivity (Wildman–Crippen MR) is 117 cm³/mol. The molecule has 0 radical (unpaired) electrons. The predicted octanol–water partition coefficient (Wildman–Crippen LogP) is 2.83. The molecule has 2 aromatic rings. The minimum Gasteiger partial charge on any atom is -0.349 e. The number of hydrogen-bond acceptors (Lipinski definition) is 6. The summed E-state index contributed by atoms with van der Waals surface area (Å²) in [6.07, 6.45) is 3.78. The Labute approximate surface area is 183 Å². The number of halogens is 1. The van der Waals surface area contributed by atoms with Gasteiger partial charge in [0.25, 0.3) is 0 Å². The minimum atomic E-state index is -1.09. The summed E-state index contributed by atoms with van der Waals surface area (Å²) in [7, 11) is -1.09. The maximum atomic E-state index is 12.5. The number of carbonyl (C=O) groups is 1. The zero-order valence-corrected chi connectivity index (χ0v) is 18.1. The summed E-state index contributed by atoms with van der Waals surface area (Å²) in [4.78, 5) is 24.0. The fourth-order valence-corrected chi connectivity index (χ4v) is 5.90. The lowest BCUT2D eigenvalue weighted by atomic mass is 9.89. The molecule has 4 heterocycles. The van der Waals surface area contributed by atoms with E-state index in [1.165, 1.54) is 5.56 Å². The molecule has 2 N–H and O–H groups in total. The van der Waals surface area contributed by atoms with Crippen molar-refractivity contribution in [1.82, 2.24) is 15.3 Å². The Morgan fingerprint density at radius 3 is 2.57 bits per heavy atom. The van der Waals surface area contributed by atoms with E-state index in [0.29, 0.717) is 47.6 Å². The van der Waals surface area contributed by atoms with Gasteiger partial charge in [-0.05, 0) is 42.9 Å². The molecule has 3 aliphatic rings. The number of amides is 1. The van der Waals surface area contributed by atoms with Gasteiger partial charge in [0.2, 0.25) is 11.9 Å². The number of aromatic nitrogens is 2. The number of rotatable bonds is 4. The van der Waals surface area contributed by atoms with Crippen LogP contribution in [0.3, 0.4) is 0 Å². The number of anilines is 2. The lowest BCUT2D eigenvalue weighted by Gasteiger charge is -2.32. The van der Waals surface area contributed by atoms with E-state index in [1.807, 2.05) is 12.1 Å². The van der Waals surface area contributed by atoms with Crippen molar-refractivity contribution < 1.29 is 9.00 Å². The number of benzene rings is 1. The molecule has 158 valence electrons. The highest BCUT2D eigenvalue weighted by Gasteiger charge is 2.31. The molecule has 2 atom stereocenters. The Balaban J connectivity index is 1.35. The highest BCUT2D eigenvalue weighted by Crippen LogP contribution is 2.34. The molecule has 2 fully saturated rings. The third-order valence-electron chi connectivity index (χ3n) is 6.10. The lowest BCUT2D eigenvalue weighted by Crippen LogP contribution is -2.36. The first-order chi connectivity index (χ1) is 14.6. The molecule has 7 nitrogen and oxygen atoms in total. The molecule has 1 aromatic heterocycles. The van der Waals surface area contributed by atoms with Gasteiger partial charge >= 0.3 is 0 Å². The second kappa shape index (κ2) is 8.15. The second-order valence-corrected chi connectivity index (χ2v) is 10.0. The number of nitrogens with zero attached hydrogens (tertiary/aromatic N) is 3. The monoisotopic (exact) mass is 445 g/mol. The molecule has 1 aromatic carbocycles. The Bertz CT molecular complexity index is 992. The Kier molecular flexibility index (Phi) is 5.37. The fraction of sp³-hybridized carbons (Fsp3) is 0.476. The van der Waals surface area contributed by atoms with Crippen LogP contribution in [-0.2, 0) is 22.0 Å². The van der Waals surface area contributed by atoms with Gasteiger partial charge in [-0.15, -0.1) is 0 Å². The zero-order chi connectivity index (χ0) is 20.7. The summed E-state index contributed by atoms with van der Waals surface area (Å²) in [5.41, 5.74) is 2.19. The van der Waals surface area contributed by atoms with Crippen LogP contribution in [0.2, 0.25) is 5.02 Å². The highest BCUT2D eigenvalue weighted by molar-refractivity contribution is 7.85. The van der Waals surface area contributed by atoms with E-state index in [4.69, 9.17) is 21.6 Å². The summed E-state index contributed by atoms with van der Waals surface area (Å²) >= 11 is 6.02. The Morgan fingerprint density at radius 1 is 1.10 bits per heavy atom. The van der Waals surface area contributed by atoms with Gasteiger partial charge in [-0.2, -0.15) is 4.98 Å². The normalized spacial score (nSPS) is 24.0. The van der Waals surface area contributed by atoms with Gasteiger partial charge in [0.05, 0.1) is 16.5 Å². The van der Waals surface area contributed by atoms with Crippen LogP contribution >= 0.6 is 11.6 Å². The van der Waals surface area contributed by atoms with Crippen LogP contribution in [0.25, 0.3) is 0 Å². The smallest absolute Gasteiger partial charge is 0.227 e. The van der Waals surface area contributed by atoms with E-state index >= 15 is 0 Å². The van der Waals surface area contributed by atoms with Crippen LogP contribution < -0.4 is 15.5 Å². The molecule has 0 spiro atoms. The van der Waals surface area contributed by atoms with Crippen LogP contribution in [0.5, 0.6) is 0 Å². The molecule has 9 heteroatoms. The lowest BCUT2D eigenvalue weighted by molar-refractivity contribution is -0.119. The maximum Gasteiger partial charge on any atom is 0.227 e. The molecular weight excluding hydrogens is 422 g/mol. The van der Waals surface area contributed by atoms with Crippen LogP contribution in [0, 0.1) is 0 Å². The van der Waals surface area contributed by atoms with E-state index in [0.717, 1.165) is 36.6 Å². The number of nitrogens with one attached hydrogen (secondary N) is 2. The van der Waals surface area contributed by atoms with Crippen molar-refractivity contribution in [3.05, 3.63) is 40.5 Å². The van der Waals surface area contributed by atoms with Crippen molar-refractivity contribution in [2.45, 2.75) is 49.1 Å². The summed E-state index contributed by atoms with van der Waals surface area (Å²) in [6, 6.07) is 8.13. The van der Waals surface area contributed by atoms with Crippen LogP contribution in [0.1, 0.15) is 42.9 Å². The van der Waals surface area contributed by atoms with E-state index in [1.54, 1.807) is 0 Å². The van der Waals surface area contributed by atoms with Crippen molar-refractivity contribution in [2.24, 2.45) is 0 Å². The molecule has 0 bridgehead atoms. The van der Waals surface area contributed by atoms with E-state index in [-0.39, 0.29) is 12.1 Å². The average molecular weight is 446 g/mol. The van der Waals surface area contributed by atoms with Gasteiger partial charge < -0.3 is 15.5 Å². The zero-order valence-electron chi connectivity index (χ0n) is 16.6. The number of aryl methyl sites for hydroxylation is 1. The Morgan fingerprint density at radius 2 is 1.87 bits per heavy atom. The molecule has 2 saturated heterocycles. The van der Waals surface area contributed by atoms with Gasteiger partial charge in [-0.3, -0.25) is 9.00 Å². The van der Waals surface area contributed by atoms with Crippen LogP contribution in [0.15, 0.2) is 29.2 Å². The van der Waals surface area contributed by atoms with Crippen LogP contribution in [0.4, 0.5) is 11.8 Å². The summed E-state index contributed by atoms with van der Waals surface area (Å²) in [6.45, 7) is 1.74. The van der Waals surface area contributed by atoms with Crippen molar-refractivity contribution in [2.75, 3.05) is 29.1 Å². The topological polar surface area (TPSA) is 87.2 Å². The fourth-order valence-electron chi connectivity index (χ4n) is 4.46. The summed E-state index contributed by atoms with van der Waals surface area (Å²) in [5.74, 6) is 2.42. The van der Waals surface area contributed by atoms with E-state index in [9.17, 15) is 9.00 Å². The quantitative estimate of drug-likeness (QED) is 0.752. The number of piperidine rings is 1. The summed E-state index contributed by atoms with van der Waals surface area (Å²) in [5, 5.41) is 6.97. The molecule has 5 rings (SSSR count). The second-order valence-electron chi connectivity index (χ2n) is 8.06. The van der Waals surface area contributed by atoms with Gasteiger partial charge in [-0.1, -0.05) is 23.7 Å². The van der Waals surface area contributed by atoms with Crippen molar-refractivity contribution in [3.8, 4) is 0 Å². The van der Waals surface area contributed by atoms with Crippen molar-refractivity contribution >= 4 is 40.1 Å². The number of fused-ring (bicyclic) bond motifs is 1. The SMILES string of the molecule is O=C1CC[C@H](Nc2nc(N3CCC(c4ccc(Cl)cc4)CC3)nc3c2S(=O)CC3)N1. The van der Waals surface area contributed by atoms with Gasteiger partial charge in [0, 0.05) is 36.7 Å². The number of carbonyl (C=O) groups excluding carboxylic acids is 1. The van der Waals surface area contributed by atoms with Gasteiger partial charge in [0.1, 0.15) is 16.9 Å².